The Morgan fingerprint density at radius 3 is 2.54 bits per heavy atom. The largest absolute Gasteiger partial charge is 0.358 e. The first-order chi connectivity index (χ1) is 11.8. The van der Waals surface area contributed by atoms with Gasteiger partial charge < -0.3 is 9.88 Å². The van der Waals surface area contributed by atoms with Crippen LogP contribution in [0.15, 0.2) is 23.1 Å². The fraction of sp³-hybridized carbons (Fsp3) is 0.619. The van der Waals surface area contributed by atoms with Crippen LogP contribution in [-0.2, 0) is 6.42 Å². The van der Waals surface area contributed by atoms with Crippen LogP contribution in [0.4, 0.5) is 0 Å². The van der Waals surface area contributed by atoms with Crippen molar-refractivity contribution in [1.29, 1.82) is 0 Å². The van der Waals surface area contributed by atoms with E-state index in [0.717, 1.165) is 12.0 Å². The van der Waals surface area contributed by atoms with Crippen molar-refractivity contribution in [2.75, 3.05) is 19.8 Å². The van der Waals surface area contributed by atoms with Gasteiger partial charge in [0.15, 0.2) is 0 Å². The molecular formula is C21H32N2S. The number of aromatic nitrogens is 1. The van der Waals surface area contributed by atoms with Gasteiger partial charge in [-0.1, -0.05) is 20.3 Å². The molecule has 1 atom stereocenters. The fourth-order valence-corrected chi connectivity index (χ4v) is 4.55. The number of thioether (sulfide) groups is 1. The van der Waals surface area contributed by atoms with E-state index in [4.69, 9.17) is 0 Å². The van der Waals surface area contributed by atoms with E-state index in [1.54, 1.807) is 11.3 Å². The lowest BCUT2D eigenvalue weighted by Crippen LogP contribution is -2.27. The number of rotatable bonds is 4. The van der Waals surface area contributed by atoms with Crippen LogP contribution < -0.4 is 0 Å². The van der Waals surface area contributed by atoms with Crippen molar-refractivity contribution in [2.24, 2.45) is 0 Å². The molecular weight excluding hydrogens is 312 g/mol. The number of hydrogen-bond donors (Lipinski definition) is 1. The molecule has 4 rings (SSSR count). The first-order valence-electron chi connectivity index (χ1n) is 9.65. The fourth-order valence-electron chi connectivity index (χ4n) is 4.11. The summed E-state index contributed by atoms with van der Waals surface area (Å²) in [6.45, 7) is 5.27. The summed E-state index contributed by atoms with van der Waals surface area (Å²) in [5.74, 6) is 0.784. The molecule has 2 nitrogen and oxygen atoms in total. The van der Waals surface area contributed by atoms with E-state index in [-0.39, 0.29) is 0 Å². The minimum Gasteiger partial charge on any atom is -0.358 e. The number of hydrogen-bond acceptors (Lipinski definition) is 2. The highest BCUT2D eigenvalue weighted by atomic mass is 32.2. The summed E-state index contributed by atoms with van der Waals surface area (Å²) in [5, 5.41) is 1.48. The zero-order valence-corrected chi connectivity index (χ0v) is 16.5. The molecule has 0 amide bonds. The van der Waals surface area contributed by atoms with E-state index >= 15 is 0 Å². The SMILES string of the molecule is CC.CSc1ccc2[nH]c(C3CCC3)c(CC3CCCN3C)c2c1. The Balaban J connectivity index is 0.000000815. The van der Waals surface area contributed by atoms with E-state index in [1.165, 1.54) is 60.9 Å². The average Bonchev–Trinajstić information content (AvgIpc) is 3.12. The number of likely N-dealkylation sites (tertiary alicyclic amines) is 1. The van der Waals surface area contributed by atoms with Gasteiger partial charge in [-0.15, -0.1) is 11.8 Å². The van der Waals surface area contributed by atoms with Gasteiger partial charge in [-0.25, -0.2) is 0 Å². The number of H-pyrrole nitrogens is 1. The topological polar surface area (TPSA) is 19.0 Å². The molecule has 1 aliphatic heterocycles. The number of likely N-dealkylation sites (N-methyl/N-ethyl adjacent to an activating group) is 1. The van der Waals surface area contributed by atoms with Crippen LogP contribution in [0.5, 0.6) is 0 Å². The Hall–Kier alpha value is -0.930. The van der Waals surface area contributed by atoms with Gasteiger partial charge in [0, 0.05) is 27.5 Å². The predicted molar refractivity (Wildman–Crippen MR) is 107 cm³/mol. The van der Waals surface area contributed by atoms with Crippen molar-refractivity contribution in [3.63, 3.8) is 0 Å². The molecule has 1 aliphatic carbocycles. The average molecular weight is 345 g/mol. The van der Waals surface area contributed by atoms with Gasteiger partial charge in [-0.3, -0.25) is 0 Å². The van der Waals surface area contributed by atoms with E-state index in [9.17, 15) is 0 Å². The third-order valence-electron chi connectivity index (χ3n) is 5.77. The number of nitrogens with one attached hydrogen (secondary N) is 1. The molecule has 24 heavy (non-hydrogen) atoms. The van der Waals surface area contributed by atoms with Gasteiger partial charge in [-0.2, -0.15) is 0 Å². The molecule has 132 valence electrons. The summed E-state index contributed by atoms with van der Waals surface area (Å²) in [7, 11) is 2.29. The minimum absolute atomic E-state index is 0.732. The summed E-state index contributed by atoms with van der Waals surface area (Å²) in [4.78, 5) is 7.72. The second-order valence-electron chi connectivity index (χ2n) is 7.04. The smallest absolute Gasteiger partial charge is 0.0459 e. The Bertz CT molecular complexity index is 672. The molecule has 2 heterocycles. The number of aromatic amines is 1. The van der Waals surface area contributed by atoms with E-state index < -0.39 is 0 Å². The Labute approximate surface area is 151 Å². The summed E-state index contributed by atoms with van der Waals surface area (Å²) in [5.41, 5.74) is 4.52. The third kappa shape index (κ3) is 3.39. The molecule has 2 aromatic rings. The minimum atomic E-state index is 0.732. The second-order valence-corrected chi connectivity index (χ2v) is 7.92. The van der Waals surface area contributed by atoms with Crippen LogP contribution in [-0.4, -0.2) is 35.8 Å². The third-order valence-corrected chi connectivity index (χ3v) is 6.50. The van der Waals surface area contributed by atoms with Crippen LogP contribution in [0.2, 0.25) is 0 Å². The molecule has 1 saturated carbocycles. The Kier molecular flexibility index (Phi) is 5.93. The lowest BCUT2D eigenvalue weighted by molar-refractivity contribution is 0.308. The zero-order chi connectivity index (χ0) is 17.1. The number of fused-ring (bicyclic) bond motifs is 1. The van der Waals surface area contributed by atoms with Crippen LogP contribution >= 0.6 is 11.8 Å². The van der Waals surface area contributed by atoms with Crippen molar-refractivity contribution >= 4 is 22.7 Å². The maximum Gasteiger partial charge on any atom is 0.0459 e. The summed E-state index contributed by atoms with van der Waals surface area (Å²) in [6, 6.07) is 7.67. The summed E-state index contributed by atoms with van der Waals surface area (Å²) >= 11 is 1.85. The normalized spacial score (nSPS) is 21.6. The highest BCUT2D eigenvalue weighted by molar-refractivity contribution is 7.98. The maximum atomic E-state index is 3.78. The number of benzene rings is 1. The van der Waals surface area contributed by atoms with Crippen LogP contribution in [0.1, 0.15) is 63.1 Å². The molecule has 0 radical (unpaired) electrons. The van der Waals surface area contributed by atoms with E-state index in [1.807, 2.05) is 25.6 Å². The predicted octanol–water partition coefficient (Wildman–Crippen LogP) is 5.82. The van der Waals surface area contributed by atoms with Crippen molar-refractivity contribution in [3.8, 4) is 0 Å². The highest BCUT2D eigenvalue weighted by Crippen LogP contribution is 2.41. The first kappa shape index (κ1) is 17.9. The van der Waals surface area contributed by atoms with Gasteiger partial charge in [0.2, 0.25) is 0 Å². The zero-order valence-electron chi connectivity index (χ0n) is 15.7. The molecule has 2 fully saturated rings. The molecule has 1 N–H and O–H groups in total. The van der Waals surface area contributed by atoms with E-state index in [0.29, 0.717) is 0 Å². The van der Waals surface area contributed by atoms with Crippen molar-refractivity contribution in [3.05, 3.63) is 29.5 Å². The molecule has 0 spiro atoms. The van der Waals surface area contributed by atoms with Gasteiger partial charge in [-0.05, 0) is 81.6 Å². The van der Waals surface area contributed by atoms with Crippen molar-refractivity contribution < 1.29 is 0 Å². The summed E-state index contributed by atoms with van der Waals surface area (Å²) in [6.07, 6.45) is 10.3. The van der Waals surface area contributed by atoms with Crippen LogP contribution in [0.3, 0.4) is 0 Å². The molecule has 2 aliphatic rings. The quantitative estimate of drug-likeness (QED) is 0.705. The van der Waals surface area contributed by atoms with Gasteiger partial charge in [0.1, 0.15) is 0 Å². The Morgan fingerprint density at radius 1 is 1.17 bits per heavy atom. The monoisotopic (exact) mass is 344 g/mol. The molecule has 1 unspecified atom stereocenters. The molecule has 0 bridgehead atoms. The lowest BCUT2D eigenvalue weighted by atomic mass is 9.80. The summed E-state index contributed by atoms with van der Waals surface area (Å²) < 4.78 is 0. The van der Waals surface area contributed by atoms with E-state index in [2.05, 4.69) is 41.4 Å². The van der Waals surface area contributed by atoms with Crippen LogP contribution in [0.25, 0.3) is 10.9 Å². The molecule has 3 heteroatoms. The van der Waals surface area contributed by atoms with Gasteiger partial charge in [0.05, 0.1) is 0 Å². The molecule has 1 aromatic heterocycles. The molecule has 1 saturated heterocycles. The van der Waals surface area contributed by atoms with Crippen molar-refractivity contribution in [2.45, 2.75) is 69.2 Å². The maximum absolute atomic E-state index is 3.78. The van der Waals surface area contributed by atoms with Gasteiger partial charge >= 0.3 is 0 Å². The van der Waals surface area contributed by atoms with Crippen LogP contribution in [0, 0.1) is 0 Å². The standard InChI is InChI=1S/C19H26N2S.C2H6/c1-21-10-4-7-14(21)11-17-16-12-15(22-2)8-9-18(16)20-19(17)13-5-3-6-13;1-2/h8-9,12-14,20H,3-7,10-11H2,1-2H3;1-2H3. The van der Waals surface area contributed by atoms with Gasteiger partial charge in [0.25, 0.3) is 0 Å². The second kappa shape index (κ2) is 7.97. The Morgan fingerprint density at radius 2 is 1.96 bits per heavy atom. The van der Waals surface area contributed by atoms with Crippen molar-refractivity contribution in [1.82, 2.24) is 9.88 Å². The first-order valence-corrected chi connectivity index (χ1v) is 10.9. The highest BCUT2D eigenvalue weighted by Gasteiger charge is 2.29. The lowest BCUT2D eigenvalue weighted by Gasteiger charge is -2.27. The number of nitrogens with zero attached hydrogens (tertiary/aromatic N) is 1. The molecule has 1 aromatic carbocycles.